The van der Waals surface area contributed by atoms with Gasteiger partial charge in [0.15, 0.2) is 5.13 Å². The van der Waals surface area contributed by atoms with Gasteiger partial charge < -0.3 is 14.6 Å². The summed E-state index contributed by atoms with van der Waals surface area (Å²) in [5, 5.41) is 7.87. The van der Waals surface area contributed by atoms with Gasteiger partial charge in [0.2, 0.25) is 5.91 Å². The number of thiazole rings is 1. The smallest absolute Gasteiger partial charge is 0.260 e. The molecule has 0 bridgehead atoms. The molecular weight excluding hydrogens is 340 g/mol. The molecule has 0 fully saturated rings. The number of carbonyl (C=O) groups excluding carboxylic acids is 2. The van der Waals surface area contributed by atoms with Crippen LogP contribution < -0.4 is 10.6 Å². The fraction of sp³-hybridized carbons (Fsp3) is 0.471. The SMILES string of the molecule is CCN(CC)CCNC(=O)Cc1csc(NC(=O)c2ccoc2C)n1. The van der Waals surface area contributed by atoms with Crippen molar-refractivity contribution < 1.29 is 14.0 Å². The third-order valence-electron chi connectivity index (χ3n) is 3.86. The fourth-order valence-corrected chi connectivity index (χ4v) is 3.06. The Morgan fingerprint density at radius 1 is 1.32 bits per heavy atom. The summed E-state index contributed by atoms with van der Waals surface area (Å²) in [6, 6.07) is 1.61. The second-order valence-corrected chi connectivity index (χ2v) is 6.40. The first kappa shape index (κ1) is 19.1. The minimum absolute atomic E-state index is 0.0685. The molecule has 0 radical (unpaired) electrons. The van der Waals surface area contributed by atoms with E-state index in [0.717, 1.165) is 19.6 Å². The lowest BCUT2D eigenvalue weighted by Crippen LogP contribution is -2.35. The van der Waals surface area contributed by atoms with Crippen molar-refractivity contribution in [3.8, 4) is 0 Å². The van der Waals surface area contributed by atoms with Crippen molar-refractivity contribution in [2.24, 2.45) is 0 Å². The molecule has 0 aliphatic heterocycles. The molecule has 0 saturated carbocycles. The van der Waals surface area contributed by atoms with E-state index in [1.165, 1.54) is 17.6 Å². The molecule has 0 aliphatic carbocycles. The molecule has 2 amide bonds. The van der Waals surface area contributed by atoms with Gasteiger partial charge in [0, 0.05) is 18.5 Å². The van der Waals surface area contributed by atoms with Crippen molar-refractivity contribution in [2.45, 2.75) is 27.2 Å². The highest BCUT2D eigenvalue weighted by molar-refractivity contribution is 7.14. The maximum atomic E-state index is 12.1. The van der Waals surface area contributed by atoms with E-state index in [1.807, 2.05) is 0 Å². The van der Waals surface area contributed by atoms with Crippen LogP contribution in [-0.2, 0) is 11.2 Å². The average Bonchev–Trinajstić information content (AvgIpc) is 3.20. The first-order valence-corrected chi connectivity index (χ1v) is 9.20. The Balaban J connectivity index is 1.80. The molecule has 0 atom stereocenters. The Labute approximate surface area is 151 Å². The van der Waals surface area contributed by atoms with E-state index in [-0.39, 0.29) is 18.2 Å². The minimum Gasteiger partial charge on any atom is -0.469 e. The number of furan rings is 1. The van der Waals surface area contributed by atoms with E-state index in [9.17, 15) is 9.59 Å². The lowest BCUT2D eigenvalue weighted by Gasteiger charge is -2.17. The molecule has 0 saturated heterocycles. The monoisotopic (exact) mass is 364 g/mol. The van der Waals surface area contributed by atoms with Crippen LogP contribution in [0.5, 0.6) is 0 Å². The Kier molecular flexibility index (Phi) is 7.15. The molecule has 25 heavy (non-hydrogen) atoms. The highest BCUT2D eigenvalue weighted by atomic mass is 32.1. The number of aromatic nitrogens is 1. The number of likely N-dealkylation sites (N-methyl/N-ethyl adjacent to an activating group) is 1. The maximum absolute atomic E-state index is 12.1. The number of hydrogen-bond donors (Lipinski definition) is 2. The molecule has 136 valence electrons. The van der Waals surface area contributed by atoms with Gasteiger partial charge in [-0.25, -0.2) is 4.98 Å². The summed E-state index contributed by atoms with van der Waals surface area (Å²) in [5.41, 5.74) is 1.12. The molecular formula is C17H24N4O3S. The summed E-state index contributed by atoms with van der Waals surface area (Å²) in [5.74, 6) is 0.221. The van der Waals surface area contributed by atoms with Crippen LogP contribution in [0.3, 0.4) is 0 Å². The highest BCUT2D eigenvalue weighted by Gasteiger charge is 2.14. The number of rotatable bonds is 9. The Morgan fingerprint density at radius 2 is 2.08 bits per heavy atom. The summed E-state index contributed by atoms with van der Waals surface area (Å²) in [6.45, 7) is 9.32. The summed E-state index contributed by atoms with van der Waals surface area (Å²) in [7, 11) is 0. The zero-order chi connectivity index (χ0) is 18.2. The van der Waals surface area contributed by atoms with Crippen LogP contribution in [0.2, 0.25) is 0 Å². The molecule has 0 aromatic carbocycles. The van der Waals surface area contributed by atoms with E-state index in [1.54, 1.807) is 18.4 Å². The zero-order valence-electron chi connectivity index (χ0n) is 14.8. The van der Waals surface area contributed by atoms with Crippen molar-refractivity contribution in [3.05, 3.63) is 34.7 Å². The molecule has 8 heteroatoms. The average molecular weight is 364 g/mol. The van der Waals surface area contributed by atoms with Crippen molar-refractivity contribution >= 4 is 28.3 Å². The van der Waals surface area contributed by atoms with Gasteiger partial charge in [-0.05, 0) is 26.1 Å². The third kappa shape index (κ3) is 5.68. The molecule has 7 nitrogen and oxygen atoms in total. The van der Waals surface area contributed by atoms with Crippen LogP contribution in [-0.4, -0.2) is 47.9 Å². The Morgan fingerprint density at radius 3 is 2.72 bits per heavy atom. The van der Waals surface area contributed by atoms with Crippen molar-refractivity contribution in [1.29, 1.82) is 0 Å². The lowest BCUT2D eigenvalue weighted by atomic mass is 10.2. The summed E-state index contributed by atoms with van der Waals surface area (Å²) in [4.78, 5) is 30.6. The Bertz CT molecular complexity index is 706. The number of amides is 2. The lowest BCUT2D eigenvalue weighted by molar-refractivity contribution is -0.120. The number of carbonyl (C=O) groups is 2. The number of anilines is 1. The molecule has 2 rings (SSSR count). The van der Waals surface area contributed by atoms with Crippen LogP contribution in [0, 0.1) is 6.92 Å². The zero-order valence-corrected chi connectivity index (χ0v) is 15.6. The second-order valence-electron chi connectivity index (χ2n) is 5.54. The van der Waals surface area contributed by atoms with E-state index in [2.05, 4.69) is 34.4 Å². The first-order valence-electron chi connectivity index (χ1n) is 8.32. The third-order valence-corrected chi connectivity index (χ3v) is 4.67. The normalized spacial score (nSPS) is 10.9. The van der Waals surface area contributed by atoms with Gasteiger partial charge in [-0.15, -0.1) is 11.3 Å². The van der Waals surface area contributed by atoms with Gasteiger partial charge >= 0.3 is 0 Å². The number of hydrogen-bond acceptors (Lipinski definition) is 6. The molecule has 2 heterocycles. The fourth-order valence-electron chi connectivity index (χ4n) is 2.35. The van der Waals surface area contributed by atoms with Crippen molar-refractivity contribution in [3.63, 3.8) is 0 Å². The molecule has 0 unspecified atom stereocenters. The van der Waals surface area contributed by atoms with Gasteiger partial charge in [0.1, 0.15) is 5.76 Å². The standard InChI is InChI=1S/C17H24N4O3S/c1-4-21(5-2)8-7-18-15(22)10-13-11-25-17(19-13)20-16(23)14-6-9-24-12(14)3/h6,9,11H,4-5,7-8,10H2,1-3H3,(H,18,22)(H,19,20,23). The molecule has 2 aromatic heterocycles. The number of nitrogens with one attached hydrogen (secondary N) is 2. The van der Waals surface area contributed by atoms with Crippen LogP contribution in [0.1, 0.15) is 35.7 Å². The molecule has 2 N–H and O–H groups in total. The van der Waals surface area contributed by atoms with Gasteiger partial charge in [0.05, 0.1) is 23.9 Å². The molecule has 0 aliphatic rings. The summed E-state index contributed by atoms with van der Waals surface area (Å²) < 4.78 is 5.12. The van der Waals surface area contributed by atoms with Gasteiger partial charge in [-0.1, -0.05) is 13.8 Å². The summed E-state index contributed by atoms with van der Waals surface area (Å²) >= 11 is 1.30. The van der Waals surface area contributed by atoms with Crippen LogP contribution in [0.15, 0.2) is 22.1 Å². The van der Waals surface area contributed by atoms with Gasteiger partial charge in [-0.3, -0.25) is 14.9 Å². The van der Waals surface area contributed by atoms with Crippen molar-refractivity contribution in [1.82, 2.24) is 15.2 Å². The predicted octanol–water partition coefficient (Wildman–Crippen LogP) is 2.30. The first-order chi connectivity index (χ1) is 12.0. The van der Waals surface area contributed by atoms with E-state index >= 15 is 0 Å². The maximum Gasteiger partial charge on any atom is 0.260 e. The van der Waals surface area contributed by atoms with Crippen LogP contribution in [0.4, 0.5) is 5.13 Å². The van der Waals surface area contributed by atoms with Crippen molar-refractivity contribution in [2.75, 3.05) is 31.5 Å². The van der Waals surface area contributed by atoms with Crippen LogP contribution in [0.25, 0.3) is 0 Å². The molecule has 2 aromatic rings. The van der Waals surface area contributed by atoms with Gasteiger partial charge in [0.25, 0.3) is 5.91 Å². The molecule has 0 spiro atoms. The number of nitrogens with zero attached hydrogens (tertiary/aromatic N) is 2. The Hall–Kier alpha value is -2.19. The highest BCUT2D eigenvalue weighted by Crippen LogP contribution is 2.18. The largest absolute Gasteiger partial charge is 0.469 e. The topological polar surface area (TPSA) is 87.5 Å². The van der Waals surface area contributed by atoms with Gasteiger partial charge in [-0.2, -0.15) is 0 Å². The van der Waals surface area contributed by atoms with E-state index in [0.29, 0.717) is 28.7 Å². The van der Waals surface area contributed by atoms with E-state index in [4.69, 9.17) is 4.42 Å². The van der Waals surface area contributed by atoms with E-state index < -0.39 is 0 Å². The minimum atomic E-state index is -0.268. The predicted molar refractivity (Wildman–Crippen MR) is 98.0 cm³/mol. The number of aryl methyl sites for hydroxylation is 1. The van der Waals surface area contributed by atoms with Crippen LogP contribution >= 0.6 is 11.3 Å². The second kappa shape index (κ2) is 9.33. The quantitative estimate of drug-likeness (QED) is 0.713. The summed E-state index contributed by atoms with van der Waals surface area (Å²) in [6.07, 6.45) is 1.68.